The number of ether oxygens (including phenoxy) is 1. The van der Waals surface area contributed by atoms with Crippen LogP contribution >= 0.6 is 0 Å². The predicted octanol–water partition coefficient (Wildman–Crippen LogP) is 3.76. The van der Waals surface area contributed by atoms with Crippen molar-refractivity contribution in [2.24, 2.45) is 0 Å². The van der Waals surface area contributed by atoms with Crippen LogP contribution in [0.4, 0.5) is 0 Å². The number of methoxy groups -OCH3 is 1. The van der Waals surface area contributed by atoms with Crippen LogP contribution in [0.2, 0.25) is 0 Å². The lowest BCUT2D eigenvalue weighted by Gasteiger charge is -2.23. The average Bonchev–Trinajstić information content (AvgIpc) is 2.84. The SMILES string of the molecule is COc1ccc2ccccc2c1C1=CC2CCC(C1)N2. The minimum absolute atomic E-state index is 0.549. The smallest absolute Gasteiger partial charge is 0.126 e. The molecule has 2 bridgehead atoms. The average molecular weight is 265 g/mol. The Balaban J connectivity index is 1.93. The van der Waals surface area contributed by atoms with Gasteiger partial charge in [0.25, 0.3) is 0 Å². The van der Waals surface area contributed by atoms with Crippen LogP contribution in [-0.4, -0.2) is 19.2 Å². The summed E-state index contributed by atoms with van der Waals surface area (Å²) < 4.78 is 5.64. The van der Waals surface area contributed by atoms with E-state index in [9.17, 15) is 0 Å². The van der Waals surface area contributed by atoms with Crippen LogP contribution in [-0.2, 0) is 0 Å². The van der Waals surface area contributed by atoms with Crippen molar-refractivity contribution in [3.8, 4) is 5.75 Å². The van der Waals surface area contributed by atoms with Crippen LogP contribution in [0.3, 0.4) is 0 Å². The molecule has 2 heteroatoms. The minimum Gasteiger partial charge on any atom is -0.496 e. The van der Waals surface area contributed by atoms with E-state index in [1.54, 1.807) is 7.11 Å². The third-order valence-electron chi connectivity index (χ3n) is 4.58. The summed E-state index contributed by atoms with van der Waals surface area (Å²) in [4.78, 5) is 0. The van der Waals surface area contributed by atoms with Gasteiger partial charge in [0.05, 0.1) is 7.11 Å². The molecular formula is C18H19NO. The molecule has 0 aliphatic carbocycles. The number of rotatable bonds is 2. The molecule has 2 nitrogen and oxygen atoms in total. The molecule has 1 fully saturated rings. The van der Waals surface area contributed by atoms with Crippen LogP contribution < -0.4 is 10.1 Å². The Morgan fingerprint density at radius 1 is 1.10 bits per heavy atom. The summed E-state index contributed by atoms with van der Waals surface area (Å²) in [6.45, 7) is 0. The molecule has 2 atom stereocenters. The molecule has 2 aromatic carbocycles. The van der Waals surface area contributed by atoms with Crippen molar-refractivity contribution in [1.82, 2.24) is 5.32 Å². The molecule has 0 spiro atoms. The van der Waals surface area contributed by atoms with Gasteiger partial charge in [-0.25, -0.2) is 0 Å². The van der Waals surface area contributed by atoms with Crippen LogP contribution in [0.15, 0.2) is 42.5 Å². The Kier molecular flexibility index (Phi) is 2.78. The molecule has 102 valence electrons. The van der Waals surface area contributed by atoms with Crippen molar-refractivity contribution in [3.05, 3.63) is 48.0 Å². The van der Waals surface area contributed by atoms with Gasteiger partial charge in [0.2, 0.25) is 0 Å². The highest BCUT2D eigenvalue weighted by Gasteiger charge is 2.29. The Hall–Kier alpha value is -1.80. The van der Waals surface area contributed by atoms with E-state index >= 15 is 0 Å². The second-order valence-corrected chi connectivity index (χ2v) is 5.81. The quantitative estimate of drug-likeness (QED) is 0.892. The van der Waals surface area contributed by atoms with Crippen LogP contribution in [0, 0.1) is 0 Å². The van der Waals surface area contributed by atoms with E-state index in [0.717, 1.165) is 12.2 Å². The maximum atomic E-state index is 5.64. The van der Waals surface area contributed by atoms with Crippen molar-refractivity contribution in [3.63, 3.8) is 0 Å². The highest BCUT2D eigenvalue weighted by atomic mass is 16.5. The molecule has 0 radical (unpaired) electrons. The Morgan fingerprint density at radius 2 is 2.00 bits per heavy atom. The molecule has 2 aromatic rings. The fraction of sp³-hybridized carbons (Fsp3) is 0.333. The Morgan fingerprint density at radius 3 is 2.85 bits per heavy atom. The molecule has 20 heavy (non-hydrogen) atoms. The fourth-order valence-corrected chi connectivity index (χ4v) is 3.66. The zero-order chi connectivity index (χ0) is 13.5. The van der Waals surface area contributed by atoms with Gasteiger partial charge < -0.3 is 10.1 Å². The lowest BCUT2D eigenvalue weighted by molar-refractivity contribution is 0.413. The van der Waals surface area contributed by atoms with E-state index in [1.165, 1.54) is 34.8 Å². The second kappa shape index (κ2) is 4.64. The maximum absolute atomic E-state index is 5.64. The van der Waals surface area contributed by atoms with Crippen molar-refractivity contribution in [2.75, 3.05) is 7.11 Å². The van der Waals surface area contributed by atoms with E-state index in [-0.39, 0.29) is 0 Å². The molecule has 0 aromatic heterocycles. The van der Waals surface area contributed by atoms with Gasteiger partial charge in [-0.05, 0) is 41.7 Å². The van der Waals surface area contributed by atoms with Gasteiger partial charge in [-0.15, -0.1) is 0 Å². The topological polar surface area (TPSA) is 21.3 Å². The van der Waals surface area contributed by atoms with E-state index in [1.807, 2.05) is 0 Å². The van der Waals surface area contributed by atoms with E-state index in [0.29, 0.717) is 12.1 Å². The lowest BCUT2D eigenvalue weighted by atomic mass is 9.91. The molecule has 1 N–H and O–H groups in total. The summed E-state index contributed by atoms with van der Waals surface area (Å²) in [7, 11) is 1.77. The summed E-state index contributed by atoms with van der Waals surface area (Å²) in [5.74, 6) is 0.997. The third kappa shape index (κ3) is 1.83. The number of hydrogen-bond donors (Lipinski definition) is 1. The molecule has 0 saturated carbocycles. The van der Waals surface area contributed by atoms with Crippen LogP contribution in [0.5, 0.6) is 5.75 Å². The molecule has 2 heterocycles. The largest absolute Gasteiger partial charge is 0.496 e. The Bertz CT molecular complexity index is 689. The second-order valence-electron chi connectivity index (χ2n) is 5.81. The third-order valence-corrected chi connectivity index (χ3v) is 4.58. The van der Waals surface area contributed by atoms with Crippen LogP contribution in [0.25, 0.3) is 16.3 Å². The highest BCUT2D eigenvalue weighted by molar-refractivity contribution is 5.97. The van der Waals surface area contributed by atoms with Crippen molar-refractivity contribution >= 4 is 16.3 Å². The Labute approximate surface area is 119 Å². The zero-order valence-electron chi connectivity index (χ0n) is 11.7. The maximum Gasteiger partial charge on any atom is 0.126 e. The highest BCUT2D eigenvalue weighted by Crippen LogP contribution is 2.39. The molecular weight excluding hydrogens is 246 g/mol. The number of hydrogen-bond acceptors (Lipinski definition) is 2. The molecule has 2 unspecified atom stereocenters. The van der Waals surface area contributed by atoms with Gasteiger partial charge in [-0.3, -0.25) is 0 Å². The van der Waals surface area contributed by atoms with E-state index < -0.39 is 0 Å². The number of benzene rings is 2. The van der Waals surface area contributed by atoms with Crippen molar-refractivity contribution in [1.29, 1.82) is 0 Å². The summed E-state index contributed by atoms with van der Waals surface area (Å²) >= 11 is 0. The van der Waals surface area contributed by atoms with E-state index in [2.05, 4.69) is 47.8 Å². The van der Waals surface area contributed by atoms with E-state index in [4.69, 9.17) is 4.74 Å². The van der Waals surface area contributed by atoms with Crippen molar-refractivity contribution < 1.29 is 4.74 Å². The van der Waals surface area contributed by atoms with Gasteiger partial charge in [0.1, 0.15) is 5.75 Å². The fourth-order valence-electron chi connectivity index (χ4n) is 3.66. The predicted molar refractivity (Wildman–Crippen MR) is 83.0 cm³/mol. The lowest BCUT2D eigenvalue weighted by Crippen LogP contribution is -2.32. The molecule has 1 saturated heterocycles. The first-order valence-electron chi connectivity index (χ1n) is 7.38. The monoisotopic (exact) mass is 265 g/mol. The summed E-state index contributed by atoms with van der Waals surface area (Å²) in [5, 5.41) is 6.25. The van der Waals surface area contributed by atoms with Gasteiger partial charge >= 0.3 is 0 Å². The summed E-state index contributed by atoms with van der Waals surface area (Å²) in [6, 6.07) is 14.0. The molecule has 0 amide bonds. The molecule has 4 rings (SSSR count). The molecule has 2 aliphatic rings. The molecule has 2 aliphatic heterocycles. The first-order valence-corrected chi connectivity index (χ1v) is 7.38. The van der Waals surface area contributed by atoms with Gasteiger partial charge in [-0.1, -0.05) is 36.4 Å². The van der Waals surface area contributed by atoms with Crippen LogP contribution in [0.1, 0.15) is 24.8 Å². The number of fused-ring (bicyclic) bond motifs is 3. The van der Waals surface area contributed by atoms with Gasteiger partial charge in [0, 0.05) is 17.6 Å². The standard InChI is InChI=1S/C18H19NO/c1-20-17-9-6-12-4-2-3-5-16(12)18(17)13-10-14-7-8-15(11-13)19-14/h2-6,9-10,14-15,19H,7-8,11H2,1H3. The van der Waals surface area contributed by atoms with Gasteiger partial charge in [-0.2, -0.15) is 0 Å². The normalized spacial score (nSPS) is 24.8. The number of nitrogens with one attached hydrogen (secondary N) is 1. The first-order chi connectivity index (χ1) is 9.85. The minimum atomic E-state index is 0.549. The van der Waals surface area contributed by atoms with Gasteiger partial charge in [0.15, 0.2) is 0 Å². The first kappa shape index (κ1) is 12.0. The summed E-state index contributed by atoms with van der Waals surface area (Å²) in [5.41, 5.74) is 2.74. The summed E-state index contributed by atoms with van der Waals surface area (Å²) in [6.07, 6.45) is 6.08. The van der Waals surface area contributed by atoms with Crippen molar-refractivity contribution in [2.45, 2.75) is 31.3 Å². The zero-order valence-corrected chi connectivity index (χ0v) is 11.7.